The average molecular weight is 219 g/mol. The Labute approximate surface area is 90.8 Å². The maximum atomic E-state index is 13.7. The number of fused-ring (bicyclic) bond motifs is 1. The smallest absolute Gasteiger partial charge is 0.423 e. The van der Waals surface area contributed by atoms with Gasteiger partial charge in [0.05, 0.1) is 12.8 Å². The van der Waals surface area contributed by atoms with Crippen LogP contribution in [0.4, 0.5) is 4.39 Å². The SMILES string of the molecule is OB1OCc2cc(F)c(-c3cnoc3)cc21. The molecule has 1 aliphatic heterocycles. The van der Waals surface area contributed by atoms with Gasteiger partial charge in [0, 0.05) is 11.1 Å². The van der Waals surface area contributed by atoms with Crippen molar-refractivity contribution >= 4 is 12.6 Å². The molecule has 0 saturated heterocycles. The van der Waals surface area contributed by atoms with Gasteiger partial charge in [0.15, 0.2) is 0 Å². The van der Waals surface area contributed by atoms with Crippen LogP contribution >= 0.6 is 0 Å². The molecule has 3 rings (SSSR count). The largest absolute Gasteiger partial charge is 0.491 e. The number of nitrogens with zero attached hydrogens (tertiary/aromatic N) is 1. The summed E-state index contributed by atoms with van der Waals surface area (Å²) < 4.78 is 23.4. The molecule has 0 fully saturated rings. The van der Waals surface area contributed by atoms with Crippen molar-refractivity contribution < 1.29 is 18.6 Å². The predicted octanol–water partition coefficient (Wildman–Crippen LogP) is 0.698. The number of halogens is 1. The Bertz CT molecular complexity index is 529. The topological polar surface area (TPSA) is 55.5 Å². The second-order valence-electron chi connectivity index (χ2n) is 3.61. The van der Waals surface area contributed by atoms with Crippen molar-refractivity contribution in [3.63, 3.8) is 0 Å². The fourth-order valence-electron chi connectivity index (χ4n) is 1.80. The van der Waals surface area contributed by atoms with Crippen LogP contribution in [0.25, 0.3) is 11.1 Å². The van der Waals surface area contributed by atoms with Crippen LogP contribution in [0.2, 0.25) is 0 Å². The van der Waals surface area contributed by atoms with E-state index in [2.05, 4.69) is 9.68 Å². The minimum absolute atomic E-state index is 0.233. The van der Waals surface area contributed by atoms with Gasteiger partial charge in [-0.1, -0.05) is 11.2 Å². The second kappa shape index (κ2) is 3.43. The molecule has 1 aliphatic rings. The number of rotatable bonds is 1. The zero-order valence-corrected chi connectivity index (χ0v) is 8.18. The van der Waals surface area contributed by atoms with Gasteiger partial charge in [0.1, 0.15) is 12.1 Å². The first-order valence-electron chi connectivity index (χ1n) is 4.77. The molecule has 0 saturated carbocycles. The minimum Gasteiger partial charge on any atom is -0.423 e. The van der Waals surface area contributed by atoms with Gasteiger partial charge in [-0.2, -0.15) is 0 Å². The molecule has 4 nitrogen and oxygen atoms in total. The van der Waals surface area contributed by atoms with Crippen LogP contribution in [0.1, 0.15) is 5.56 Å². The Morgan fingerprint density at radius 2 is 2.31 bits per heavy atom. The van der Waals surface area contributed by atoms with E-state index >= 15 is 0 Å². The molecule has 80 valence electrons. The van der Waals surface area contributed by atoms with Gasteiger partial charge in [-0.15, -0.1) is 0 Å². The average Bonchev–Trinajstić information content (AvgIpc) is 2.88. The van der Waals surface area contributed by atoms with E-state index in [0.717, 1.165) is 0 Å². The molecule has 16 heavy (non-hydrogen) atoms. The lowest BCUT2D eigenvalue weighted by molar-refractivity contribution is 0.275. The number of hydrogen-bond acceptors (Lipinski definition) is 4. The zero-order valence-electron chi connectivity index (χ0n) is 8.18. The summed E-state index contributed by atoms with van der Waals surface area (Å²) in [6.45, 7) is 0.233. The van der Waals surface area contributed by atoms with Gasteiger partial charge >= 0.3 is 7.12 Å². The maximum absolute atomic E-state index is 13.7. The quantitative estimate of drug-likeness (QED) is 0.717. The molecule has 1 aromatic heterocycles. The van der Waals surface area contributed by atoms with Crippen molar-refractivity contribution in [1.82, 2.24) is 5.16 Å². The van der Waals surface area contributed by atoms with Crippen LogP contribution in [0.15, 0.2) is 29.1 Å². The van der Waals surface area contributed by atoms with Crippen molar-refractivity contribution in [3.8, 4) is 11.1 Å². The Hall–Kier alpha value is -1.66. The van der Waals surface area contributed by atoms with Crippen LogP contribution in [0, 0.1) is 5.82 Å². The van der Waals surface area contributed by atoms with Crippen LogP contribution in [-0.4, -0.2) is 17.3 Å². The summed E-state index contributed by atoms with van der Waals surface area (Å²) in [5, 5.41) is 13.0. The maximum Gasteiger partial charge on any atom is 0.491 e. The first-order valence-corrected chi connectivity index (χ1v) is 4.77. The fraction of sp³-hybridized carbons (Fsp3) is 0.100. The second-order valence-corrected chi connectivity index (χ2v) is 3.61. The summed E-state index contributed by atoms with van der Waals surface area (Å²) in [6.07, 6.45) is 2.78. The number of hydrogen-bond donors (Lipinski definition) is 1. The summed E-state index contributed by atoms with van der Waals surface area (Å²) in [6, 6.07) is 2.93. The molecule has 0 spiro atoms. The Balaban J connectivity index is 2.17. The Morgan fingerprint density at radius 1 is 1.44 bits per heavy atom. The highest BCUT2D eigenvalue weighted by Gasteiger charge is 2.29. The molecule has 0 atom stereocenters. The summed E-state index contributed by atoms with van der Waals surface area (Å²) >= 11 is 0. The molecule has 0 aliphatic carbocycles. The van der Waals surface area contributed by atoms with Crippen molar-refractivity contribution in [2.24, 2.45) is 0 Å². The number of benzene rings is 1. The standard InChI is InChI=1S/C10H7BFNO3/c12-10-1-6-4-15-11(14)9(6)2-8(10)7-3-13-16-5-7/h1-3,5,14H,4H2. The van der Waals surface area contributed by atoms with E-state index in [9.17, 15) is 9.41 Å². The summed E-state index contributed by atoms with van der Waals surface area (Å²) in [5.41, 5.74) is 2.16. The third-order valence-electron chi connectivity index (χ3n) is 2.63. The highest BCUT2D eigenvalue weighted by molar-refractivity contribution is 6.61. The molecule has 1 aromatic carbocycles. The van der Waals surface area contributed by atoms with Crippen molar-refractivity contribution in [2.45, 2.75) is 6.61 Å². The molecule has 0 radical (unpaired) electrons. The summed E-state index contributed by atoms with van der Waals surface area (Å²) in [4.78, 5) is 0. The molecule has 2 heterocycles. The lowest BCUT2D eigenvalue weighted by Crippen LogP contribution is -2.28. The normalized spacial score (nSPS) is 14.2. The van der Waals surface area contributed by atoms with E-state index in [0.29, 0.717) is 22.2 Å². The fourth-order valence-corrected chi connectivity index (χ4v) is 1.80. The molecule has 0 amide bonds. The highest BCUT2D eigenvalue weighted by Crippen LogP contribution is 2.24. The molecule has 0 unspecified atom stereocenters. The van der Waals surface area contributed by atoms with Gasteiger partial charge < -0.3 is 14.2 Å². The third kappa shape index (κ3) is 1.35. The first kappa shape index (κ1) is 9.56. The first-order chi connectivity index (χ1) is 7.75. The molecular weight excluding hydrogens is 212 g/mol. The van der Waals surface area contributed by atoms with Crippen molar-refractivity contribution in [3.05, 3.63) is 36.0 Å². The van der Waals surface area contributed by atoms with E-state index in [1.807, 2.05) is 0 Å². The van der Waals surface area contributed by atoms with Crippen LogP contribution in [0.5, 0.6) is 0 Å². The minimum atomic E-state index is -0.978. The summed E-state index contributed by atoms with van der Waals surface area (Å²) in [5.74, 6) is -0.375. The van der Waals surface area contributed by atoms with E-state index < -0.39 is 7.12 Å². The van der Waals surface area contributed by atoms with Gasteiger partial charge in [-0.25, -0.2) is 4.39 Å². The lowest BCUT2D eigenvalue weighted by Gasteiger charge is -2.03. The predicted molar refractivity (Wildman–Crippen MR) is 54.3 cm³/mol. The van der Waals surface area contributed by atoms with Crippen molar-refractivity contribution in [2.75, 3.05) is 0 Å². The van der Waals surface area contributed by atoms with Gasteiger partial charge in [0.2, 0.25) is 0 Å². The molecule has 2 aromatic rings. The van der Waals surface area contributed by atoms with Crippen LogP contribution < -0.4 is 5.46 Å². The lowest BCUT2D eigenvalue weighted by atomic mass is 9.78. The van der Waals surface area contributed by atoms with Crippen LogP contribution in [0.3, 0.4) is 0 Å². The van der Waals surface area contributed by atoms with Gasteiger partial charge in [-0.05, 0) is 17.1 Å². The molecule has 0 bridgehead atoms. The Kier molecular flexibility index (Phi) is 2.05. The van der Waals surface area contributed by atoms with E-state index in [1.54, 1.807) is 6.07 Å². The van der Waals surface area contributed by atoms with E-state index in [4.69, 9.17) is 4.65 Å². The third-order valence-corrected chi connectivity index (χ3v) is 2.63. The highest BCUT2D eigenvalue weighted by atomic mass is 19.1. The molecular formula is C10H7BFNO3. The molecule has 6 heteroatoms. The summed E-state index contributed by atoms with van der Waals surface area (Å²) in [7, 11) is -0.978. The zero-order chi connectivity index (χ0) is 11.1. The monoisotopic (exact) mass is 219 g/mol. The number of aromatic nitrogens is 1. The Morgan fingerprint density at radius 3 is 3.06 bits per heavy atom. The molecule has 1 N–H and O–H groups in total. The van der Waals surface area contributed by atoms with Crippen LogP contribution in [-0.2, 0) is 11.3 Å². The van der Waals surface area contributed by atoms with E-state index in [1.165, 1.54) is 18.5 Å². The van der Waals surface area contributed by atoms with Crippen molar-refractivity contribution in [1.29, 1.82) is 0 Å². The van der Waals surface area contributed by atoms with E-state index in [-0.39, 0.29) is 12.4 Å². The van der Waals surface area contributed by atoms with Gasteiger partial charge in [0.25, 0.3) is 0 Å². The van der Waals surface area contributed by atoms with Gasteiger partial charge in [-0.3, -0.25) is 0 Å².